The van der Waals surface area contributed by atoms with Gasteiger partial charge in [0, 0.05) is 19.5 Å². The van der Waals surface area contributed by atoms with Crippen molar-refractivity contribution < 1.29 is 23.2 Å². The van der Waals surface area contributed by atoms with Crippen LogP contribution in [0.3, 0.4) is 0 Å². The van der Waals surface area contributed by atoms with Crippen LogP contribution >= 0.6 is 7.60 Å². The third-order valence-electron chi connectivity index (χ3n) is 2.32. The summed E-state index contributed by atoms with van der Waals surface area (Å²) in [6.07, 6.45) is 1.75. The van der Waals surface area contributed by atoms with Gasteiger partial charge in [-0.3, -0.25) is 4.57 Å². The number of rotatable bonds is 9. The molecule has 0 radical (unpaired) electrons. The molecule has 0 bridgehead atoms. The number of carbonyl (C=O) groups excluding carboxylic acids is 2. The van der Waals surface area contributed by atoms with E-state index in [0.29, 0.717) is 12.8 Å². The van der Waals surface area contributed by atoms with E-state index < -0.39 is 7.60 Å². The van der Waals surface area contributed by atoms with Gasteiger partial charge in [-0.25, -0.2) is 0 Å². The largest absolute Gasteiger partial charge is 0.327 e. The molecular formula is C14H26NO5P. The van der Waals surface area contributed by atoms with Gasteiger partial charge in [0.05, 0.1) is 25.2 Å². The topological polar surface area (TPSA) is 93.5 Å². The zero-order chi connectivity index (χ0) is 16.9. The summed E-state index contributed by atoms with van der Waals surface area (Å²) >= 11 is 0. The van der Waals surface area contributed by atoms with Crippen molar-refractivity contribution in [2.24, 2.45) is 0 Å². The van der Waals surface area contributed by atoms with Gasteiger partial charge in [-0.2, -0.15) is 5.26 Å². The van der Waals surface area contributed by atoms with Crippen LogP contribution in [0.4, 0.5) is 0 Å². The fraction of sp³-hybridized carbons (Fsp3) is 0.786. The Bertz CT molecular complexity index is 389. The van der Waals surface area contributed by atoms with E-state index in [1.165, 1.54) is 20.5 Å². The molecule has 0 aliphatic carbocycles. The number of hydrogen-bond acceptors (Lipinski definition) is 6. The molecule has 0 aromatic carbocycles. The molecule has 6 nitrogen and oxygen atoms in total. The lowest BCUT2D eigenvalue weighted by Crippen LogP contribution is -2.06. The Hall–Kier alpha value is -1.02. The lowest BCUT2D eigenvalue weighted by atomic mass is 10.2. The molecule has 0 aromatic heterocycles. The van der Waals surface area contributed by atoms with Crippen LogP contribution in [0.15, 0.2) is 0 Å². The van der Waals surface area contributed by atoms with Gasteiger partial charge in [0.25, 0.3) is 0 Å². The Kier molecular flexibility index (Phi) is 13.5. The second kappa shape index (κ2) is 12.7. The summed E-state index contributed by atoms with van der Waals surface area (Å²) < 4.78 is 21.6. The summed E-state index contributed by atoms with van der Waals surface area (Å²) in [7, 11) is -2.95. The molecule has 0 saturated carbocycles. The molecule has 0 rings (SSSR count). The van der Waals surface area contributed by atoms with Crippen LogP contribution in [-0.2, 0) is 23.2 Å². The first-order chi connectivity index (χ1) is 9.64. The van der Waals surface area contributed by atoms with Crippen molar-refractivity contribution in [2.45, 2.75) is 59.5 Å². The second-order valence-corrected chi connectivity index (χ2v) is 6.75. The monoisotopic (exact) mass is 319 g/mol. The first-order valence-corrected chi connectivity index (χ1v) is 8.89. The van der Waals surface area contributed by atoms with Crippen molar-refractivity contribution in [3.63, 3.8) is 0 Å². The number of nitriles is 1. The fourth-order valence-corrected chi connectivity index (χ4v) is 2.33. The summed E-state index contributed by atoms with van der Waals surface area (Å²) in [5.41, 5.74) is 0. The second-order valence-electron chi connectivity index (χ2n) is 4.74. The fourth-order valence-electron chi connectivity index (χ4n) is 1.04. The smallest absolute Gasteiger partial charge is 0.308 e. The van der Waals surface area contributed by atoms with E-state index in [0.717, 1.165) is 6.42 Å². The van der Waals surface area contributed by atoms with Crippen LogP contribution in [0.25, 0.3) is 0 Å². The van der Waals surface area contributed by atoms with Gasteiger partial charge in [-0.05, 0) is 27.2 Å². The van der Waals surface area contributed by atoms with Gasteiger partial charge >= 0.3 is 7.60 Å². The number of ketones is 2. The summed E-state index contributed by atoms with van der Waals surface area (Å²) in [6.45, 7) is 8.35. The molecule has 0 aliphatic rings. The lowest BCUT2D eigenvalue weighted by Gasteiger charge is -2.17. The minimum atomic E-state index is -2.95. The number of hydrogen-bond donors (Lipinski definition) is 0. The van der Waals surface area contributed by atoms with Crippen LogP contribution in [0.5, 0.6) is 0 Å². The molecule has 122 valence electrons. The summed E-state index contributed by atoms with van der Waals surface area (Å²) in [5.74, 6) is 0.167. The molecule has 2 atom stereocenters. The minimum absolute atomic E-state index is 0.0714. The molecule has 0 aromatic rings. The maximum Gasteiger partial charge on any atom is 0.327 e. The molecule has 0 saturated heterocycles. The van der Waals surface area contributed by atoms with Crippen molar-refractivity contribution in [2.75, 3.05) is 13.3 Å². The molecule has 0 heterocycles. The van der Waals surface area contributed by atoms with E-state index in [9.17, 15) is 14.2 Å². The maximum absolute atomic E-state index is 11.5. The van der Waals surface area contributed by atoms with E-state index in [1.807, 2.05) is 19.9 Å². The Morgan fingerprint density at radius 1 is 1.24 bits per heavy atom. The van der Waals surface area contributed by atoms with Crippen molar-refractivity contribution in [3.8, 4) is 6.07 Å². The van der Waals surface area contributed by atoms with E-state index >= 15 is 0 Å². The highest BCUT2D eigenvalue weighted by Crippen LogP contribution is 2.45. The normalized spacial score (nSPS) is 14.1. The SMILES string of the molecule is CC(=O)CCC(C)=O.CCC(C)OP(C)(=O)OCCC#N. The van der Waals surface area contributed by atoms with Crippen LogP contribution in [0, 0.1) is 11.3 Å². The summed E-state index contributed by atoms with van der Waals surface area (Å²) in [6, 6.07) is 1.91. The number of nitrogens with zero attached hydrogens (tertiary/aromatic N) is 1. The van der Waals surface area contributed by atoms with E-state index in [-0.39, 0.29) is 30.7 Å². The molecule has 0 N–H and O–H groups in total. The summed E-state index contributed by atoms with van der Waals surface area (Å²) in [4.78, 5) is 20.4. The standard InChI is InChI=1S/C8H16NO3P.C6H10O2/c1-4-8(2)12-13(3,10)11-7-5-6-9;1-5(7)3-4-6(2)8/h8H,4-5,7H2,1-3H3;3-4H2,1-2H3. The quantitative estimate of drug-likeness (QED) is 0.477. The van der Waals surface area contributed by atoms with Gasteiger partial charge in [0.15, 0.2) is 0 Å². The number of Topliss-reactive ketones (excluding diaryl/α,β-unsaturated/α-hetero) is 2. The molecule has 0 amide bonds. The highest BCUT2D eigenvalue weighted by molar-refractivity contribution is 7.53. The first-order valence-electron chi connectivity index (χ1n) is 6.90. The third-order valence-corrected chi connectivity index (χ3v) is 3.71. The molecular weight excluding hydrogens is 293 g/mol. The molecule has 21 heavy (non-hydrogen) atoms. The minimum Gasteiger partial charge on any atom is -0.308 e. The van der Waals surface area contributed by atoms with Crippen molar-refractivity contribution in [3.05, 3.63) is 0 Å². The Morgan fingerprint density at radius 2 is 1.71 bits per heavy atom. The average Bonchev–Trinajstić information content (AvgIpc) is 2.36. The zero-order valence-corrected chi connectivity index (χ0v) is 14.4. The molecule has 0 aliphatic heterocycles. The third kappa shape index (κ3) is 19.0. The Labute approximate surface area is 127 Å². The van der Waals surface area contributed by atoms with E-state index in [1.54, 1.807) is 0 Å². The van der Waals surface area contributed by atoms with Gasteiger partial charge in [-0.15, -0.1) is 0 Å². The Balaban J connectivity index is 0. The lowest BCUT2D eigenvalue weighted by molar-refractivity contribution is -0.122. The van der Waals surface area contributed by atoms with Gasteiger partial charge in [0.2, 0.25) is 0 Å². The highest BCUT2D eigenvalue weighted by Gasteiger charge is 2.19. The molecule has 2 unspecified atom stereocenters. The highest BCUT2D eigenvalue weighted by atomic mass is 31.2. The average molecular weight is 319 g/mol. The number of carbonyl (C=O) groups is 2. The Morgan fingerprint density at radius 3 is 2.05 bits per heavy atom. The maximum atomic E-state index is 11.5. The van der Waals surface area contributed by atoms with Gasteiger partial charge < -0.3 is 18.6 Å². The molecule has 0 spiro atoms. The molecule has 0 fully saturated rings. The van der Waals surface area contributed by atoms with Crippen LogP contribution in [0.1, 0.15) is 53.4 Å². The van der Waals surface area contributed by atoms with Gasteiger partial charge in [0.1, 0.15) is 11.6 Å². The van der Waals surface area contributed by atoms with Crippen molar-refractivity contribution >= 4 is 19.2 Å². The van der Waals surface area contributed by atoms with Crippen molar-refractivity contribution in [1.82, 2.24) is 0 Å². The van der Waals surface area contributed by atoms with Crippen LogP contribution < -0.4 is 0 Å². The van der Waals surface area contributed by atoms with E-state index in [2.05, 4.69) is 0 Å². The van der Waals surface area contributed by atoms with Crippen LogP contribution in [0.2, 0.25) is 0 Å². The van der Waals surface area contributed by atoms with Crippen LogP contribution in [-0.4, -0.2) is 30.9 Å². The van der Waals surface area contributed by atoms with Gasteiger partial charge in [-0.1, -0.05) is 6.92 Å². The predicted molar refractivity (Wildman–Crippen MR) is 81.1 cm³/mol. The first kappa shape index (κ1) is 22.3. The van der Waals surface area contributed by atoms with Crippen molar-refractivity contribution in [1.29, 1.82) is 5.26 Å². The predicted octanol–water partition coefficient (Wildman–Crippen LogP) is 3.50. The molecule has 7 heteroatoms. The van der Waals surface area contributed by atoms with E-state index in [4.69, 9.17) is 14.3 Å². The summed E-state index contributed by atoms with van der Waals surface area (Å²) in [5, 5.41) is 8.23. The zero-order valence-electron chi connectivity index (χ0n) is 13.5.